The number of aromatic nitrogens is 2. The van der Waals surface area contributed by atoms with Crippen LogP contribution in [0.3, 0.4) is 0 Å². The molecule has 24 heavy (non-hydrogen) atoms. The summed E-state index contributed by atoms with van der Waals surface area (Å²) in [5, 5.41) is 15.8. The van der Waals surface area contributed by atoms with Gasteiger partial charge < -0.3 is 9.84 Å². The van der Waals surface area contributed by atoms with Gasteiger partial charge >= 0.3 is 12.1 Å². The molecule has 0 saturated heterocycles. The molecule has 1 heterocycles. The Kier molecular flexibility index (Phi) is 5.57. The standard InChI is InChI=1S/C17H21N3O4/c1-11(2)13-7-4-6-12(3)15(13)19-17(23)24-14(16(21)22)10-20-9-5-8-18-20/h4-9,11,14H,10H2,1-3H3,(H,19,23)(H,21,22). The van der Waals surface area contributed by atoms with Gasteiger partial charge in [0.2, 0.25) is 6.10 Å². The molecule has 7 heteroatoms. The van der Waals surface area contributed by atoms with E-state index >= 15 is 0 Å². The zero-order chi connectivity index (χ0) is 17.7. The van der Waals surface area contributed by atoms with Gasteiger partial charge in [-0.05, 0) is 30.0 Å². The predicted octanol–water partition coefficient (Wildman–Crippen LogP) is 3.02. The number of carboxylic acid groups (broad SMARTS) is 1. The molecule has 0 aliphatic carbocycles. The van der Waals surface area contributed by atoms with E-state index in [0.717, 1.165) is 11.1 Å². The first-order chi connectivity index (χ1) is 11.4. The van der Waals surface area contributed by atoms with Gasteiger partial charge in [-0.25, -0.2) is 9.59 Å². The van der Waals surface area contributed by atoms with Gasteiger partial charge in [0.15, 0.2) is 0 Å². The summed E-state index contributed by atoms with van der Waals surface area (Å²) in [7, 11) is 0. The van der Waals surface area contributed by atoms with Crippen molar-refractivity contribution in [2.45, 2.75) is 39.3 Å². The Morgan fingerprint density at radius 3 is 2.67 bits per heavy atom. The monoisotopic (exact) mass is 331 g/mol. The third-order valence-corrected chi connectivity index (χ3v) is 3.59. The maximum absolute atomic E-state index is 12.2. The first kappa shape index (κ1) is 17.5. The van der Waals surface area contributed by atoms with E-state index in [1.165, 1.54) is 10.9 Å². The number of ether oxygens (including phenoxy) is 1. The summed E-state index contributed by atoms with van der Waals surface area (Å²) in [5.74, 6) is -1.02. The van der Waals surface area contributed by atoms with Gasteiger partial charge in [-0.3, -0.25) is 10.00 Å². The Balaban J connectivity index is 2.10. The Labute approximate surface area is 140 Å². The highest BCUT2D eigenvalue weighted by molar-refractivity contribution is 5.89. The maximum atomic E-state index is 12.2. The molecule has 1 atom stereocenters. The van der Waals surface area contributed by atoms with Gasteiger partial charge in [0, 0.05) is 12.4 Å². The fraction of sp³-hybridized carbons (Fsp3) is 0.353. The summed E-state index contributed by atoms with van der Waals surface area (Å²) < 4.78 is 6.47. The smallest absolute Gasteiger partial charge is 0.412 e. The highest BCUT2D eigenvalue weighted by atomic mass is 16.6. The van der Waals surface area contributed by atoms with Gasteiger partial charge in [-0.1, -0.05) is 32.0 Å². The summed E-state index contributed by atoms with van der Waals surface area (Å²) in [4.78, 5) is 23.5. The first-order valence-corrected chi connectivity index (χ1v) is 7.66. The molecule has 128 valence electrons. The van der Waals surface area contributed by atoms with Crippen LogP contribution in [0.15, 0.2) is 36.7 Å². The number of nitrogens with zero attached hydrogens (tertiary/aromatic N) is 2. The second kappa shape index (κ2) is 7.63. The minimum absolute atomic E-state index is 0.0550. The largest absolute Gasteiger partial charge is 0.478 e. The highest BCUT2D eigenvalue weighted by Gasteiger charge is 2.24. The lowest BCUT2D eigenvalue weighted by Gasteiger charge is -2.18. The second-order valence-electron chi connectivity index (χ2n) is 5.78. The van der Waals surface area contributed by atoms with E-state index in [-0.39, 0.29) is 12.5 Å². The van der Waals surface area contributed by atoms with E-state index in [1.54, 1.807) is 12.3 Å². The van der Waals surface area contributed by atoms with Crippen molar-refractivity contribution in [3.8, 4) is 0 Å². The molecule has 2 aromatic rings. The molecule has 2 N–H and O–H groups in total. The minimum atomic E-state index is -1.32. The molecular weight excluding hydrogens is 310 g/mol. The summed E-state index contributed by atoms with van der Waals surface area (Å²) in [6.45, 7) is 5.85. The zero-order valence-electron chi connectivity index (χ0n) is 13.9. The van der Waals surface area contributed by atoms with E-state index in [4.69, 9.17) is 4.74 Å². The van der Waals surface area contributed by atoms with Crippen LogP contribution in [-0.2, 0) is 16.1 Å². The van der Waals surface area contributed by atoms with Crippen molar-refractivity contribution >= 4 is 17.7 Å². The third kappa shape index (κ3) is 4.34. The SMILES string of the molecule is Cc1cccc(C(C)C)c1NC(=O)OC(Cn1cccn1)C(=O)O. The van der Waals surface area contributed by atoms with E-state index in [2.05, 4.69) is 10.4 Å². The first-order valence-electron chi connectivity index (χ1n) is 7.66. The topological polar surface area (TPSA) is 93.5 Å². The molecule has 0 radical (unpaired) electrons. The van der Waals surface area contributed by atoms with Gasteiger partial charge in [-0.2, -0.15) is 5.10 Å². The molecule has 0 aliphatic heterocycles. The average molecular weight is 331 g/mol. The van der Waals surface area contributed by atoms with Crippen LogP contribution in [0.4, 0.5) is 10.5 Å². The Bertz CT molecular complexity index is 711. The molecule has 1 aromatic heterocycles. The fourth-order valence-electron chi connectivity index (χ4n) is 2.35. The summed E-state index contributed by atoms with van der Waals surface area (Å²) in [6.07, 6.45) is 1.01. The fourth-order valence-corrected chi connectivity index (χ4v) is 2.35. The lowest BCUT2D eigenvalue weighted by molar-refractivity contribution is -0.147. The Hall–Kier alpha value is -2.83. The normalized spacial score (nSPS) is 12.0. The quantitative estimate of drug-likeness (QED) is 0.848. The minimum Gasteiger partial charge on any atom is -0.478 e. The van der Waals surface area contributed by atoms with Gasteiger partial charge in [0.05, 0.1) is 12.2 Å². The number of carbonyl (C=O) groups is 2. The number of hydrogen-bond donors (Lipinski definition) is 2. The molecule has 7 nitrogen and oxygen atoms in total. The number of anilines is 1. The van der Waals surface area contributed by atoms with Gasteiger partial charge in [0.25, 0.3) is 0 Å². The lowest BCUT2D eigenvalue weighted by Crippen LogP contribution is -2.33. The number of rotatable bonds is 6. The molecule has 0 bridgehead atoms. The number of carboxylic acids is 1. The zero-order valence-corrected chi connectivity index (χ0v) is 13.9. The molecule has 1 amide bonds. The molecule has 1 unspecified atom stereocenters. The summed E-state index contributed by atoms with van der Waals surface area (Å²) >= 11 is 0. The summed E-state index contributed by atoms with van der Waals surface area (Å²) in [6, 6.07) is 7.38. The van der Waals surface area contributed by atoms with Crippen molar-refractivity contribution < 1.29 is 19.4 Å². The van der Waals surface area contributed by atoms with Gasteiger partial charge in [-0.15, -0.1) is 0 Å². The van der Waals surface area contributed by atoms with E-state index < -0.39 is 18.2 Å². The van der Waals surface area contributed by atoms with Crippen molar-refractivity contribution in [2.24, 2.45) is 0 Å². The van der Waals surface area contributed by atoms with Crippen molar-refractivity contribution in [1.29, 1.82) is 0 Å². The molecule has 0 saturated carbocycles. The van der Waals surface area contributed by atoms with Crippen LogP contribution in [0.5, 0.6) is 0 Å². The number of aliphatic carboxylic acids is 1. The van der Waals surface area contributed by atoms with Crippen LogP contribution in [0.1, 0.15) is 30.9 Å². The number of hydrogen-bond acceptors (Lipinski definition) is 4. The lowest BCUT2D eigenvalue weighted by atomic mass is 9.98. The predicted molar refractivity (Wildman–Crippen MR) is 89.0 cm³/mol. The number of aryl methyl sites for hydroxylation is 1. The van der Waals surface area contributed by atoms with Crippen molar-refractivity contribution in [2.75, 3.05) is 5.32 Å². The number of para-hydroxylation sites is 1. The Morgan fingerprint density at radius 2 is 2.08 bits per heavy atom. The molecule has 1 aromatic carbocycles. The van der Waals surface area contributed by atoms with Crippen LogP contribution >= 0.6 is 0 Å². The maximum Gasteiger partial charge on any atom is 0.412 e. The van der Waals surface area contributed by atoms with E-state index in [1.807, 2.05) is 39.0 Å². The number of nitrogens with one attached hydrogen (secondary N) is 1. The van der Waals surface area contributed by atoms with E-state index in [9.17, 15) is 14.7 Å². The molecule has 2 rings (SSSR count). The molecule has 0 aliphatic rings. The number of amides is 1. The van der Waals surface area contributed by atoms with Crippen LogP contribution in [0.2, 0.25) is 0 Å². The van der Waals surface area contributed by atoms with Crippen LogP contribution in [0, 0.1) is 6.92 Å². The number of benzene rings is 1. The third-order valence-electron chi connectivity index (χ3n) is 3.59. The summed E-state index contributed by atoms with van der Waals surface area (Å²) in [5.41, 5.74) is 2.50. The second-order valence-corrected chi connectivity index (χ2v) is 5.78. The Morgan fingerprint density at radius 1 is 1.33 bits per heavy atom. The van der Waals surface area contributed by atoms with Crippen LogP contribution in [-0.4, -0.2) is 33.1 Å². The molecule has 0 spiro atoms. The molecular formula is C17H21N3O4. The van der Waals surface area contributed by atoms with Crippen LogP contribution in [0.25, 0.3) is 0 Å². The highest BCUT2D eigenvalue weighted by Crippen LogP contribution is 2.27. The number of carbonyl (C=O) groups excluding carboxylic acids is 1. The van der Waals surface area contributed by atoms with Crippen molar-refractivity contribution in [3.63, 3.8) is 0 Å². The molecule has 0 fully saturated rings. The van der Waals surface area contributed by atoms with Crippen molar-refractivity contribution in [3.05, 3.63) is 47.8 Å². The average Bonchev–Trinajstić information content (AvgIpc) is 3.01. The van der Waals surface area contributed by atoms with Gasteiger partial charge in [0.1, 0.15) is 0 Å². The van der Waals surface area contributed by atoms with Crippen molar-refractivity contribution in [1.82, 2.24) is 9.78 Å². The van der Waals surface area contributed by atoms with E-state index in [0.29, 0.717) is 5.69 Å². The van der Waals surface area contributed by atoms with Crippen LogP contribution < -0.4 is 5.32 Å².